The van der Waals surface area contributed by atoms with Crippen LogP contribution in [0.15, 0.2) is 0 Å². The highest BCUT2D eigenvalue weighted by atomic mass is 31.2. The Labute approximate surface area is 106 Å². The second-order valence-corrected chi connectivity index (χ2v) is 9.12. The lowest BCUT2D eigenvalue weighted by Crippen LogP contribution is -2.33. The van der Waals surface area contributed by atoms with Gasteiger partial charge in [-0.25, -0.2) is 0 Å². The van der Waals surface area contributed by atoms with Gasteiger partial charge >= 0.3 is 0 Å². The van der Waals surface area contributed by atoms with Crippen LogP contribution in [0.25, 0.3) is 0 Å². The van der Waals surface area contributed by atoms with Crippen molar-refractivity contribution in [3.63, 3.8) is 0 Å². The maximum absolute atomic E-state index is 12.3. The van der Waals surface area contributed by atoms with E-state index in [-0.39, 0.29) is 0 Å². The van der Waals surface area contributed by atoms with Crippen LogP contribution in [0.2, 0.25) is 0 Å². The van der Waals surface area contributed by atoms with Crippen LogP contribution in [0.3, 0.4) is 0 Å². The molecular weight excluding hydrogens is 233 g/mol. The highest BCUT2D eigenvalue weighted by molar-refractivity contribution is 7.64. The van der Waals surface area contributed by atoms with Crippen LogP contribution in [-0.2, 0) is 4.57 Å². The van der Waals surface area contributed by atoms with Crippen molar-refractivity contribution in [2.24, 2.45) is 11.7 Å². The van der Waals surface area contributed by atoms with Gasteiger partial charge in [-0.05, 0) is 31.6 Å². The monoisotopic (exact) mass is 261 g/mol. The quantitative estimate of drug-likeness (QED) is 0.722. The summed E-state index contributed by atoms with van der Waals surface area (Å²) in [4.78, 5) is 0. The van der Waals surface area contributed by atoms with E-state index in [4.69, 9.17) is 5.73 Å². The molecule has 0 radical (unpaired) electrons. The fourth-order valence-electron chi connectivity index (χ4n) is 2.84. The largest absolute Gasteiger partial charge is 0.385 e. The van der Waals surface area contributed by atoms with Crippen molar-refractivity contribution in [1.82, 2.24) is 0 Å². The predicted molar refractivity (Wildman–Crippen MR) is 73.9 cm³/mol. The van der Waals surface area contributed by atoms with Gasteiger partial charge in [0.15, 0.2) is 0 Å². The van der Waals surface area contributed by atoms with E-state index >= 15 is 0 Å². The second-order valence-electron chi connectivity index (χ2n) is 5.35. The predicted octanol–water partition coefficient (Wildman–Crippen LogP) is 3.01. The standard InChI is InChI=1S/C13H28NO2P/c1-3-17(16,4-2)13(15)10-9-11-7-5-6-8-12(11)14/h11-13,15H,3-10,14H2,1-2H3. The third-order valence-corrected chi connectivity index (χ3v) is 7.86. The Morgan fingerprint density at radius 2 is 1.88 bits per heavy atom. The molecule has 1 aliphatic rings. The minimum atomic E-state index is -2.34. The van der Waals surface area contributed by atoms with E-state index in [1.54, 1.807) is 0 Å². The zero-order valence-corrected chi connectivity index (χ0v) is 12.2. The van der Waals surface area contributed by atoms with E-state index in [1.807, 2.05) is 13.8 Å². The summed E-state index contributed by atoms with van der Waals surface area (Å²) in [7, 11) is -2.34. The van der Waals surface area contributed by atoms with Crippen LogP contribution >= 0.6 is 7.14 Å². The van der Waals surface area contributed by atoms with Crippen molar-refractivity contribution >= 4 is 7.14 Å². The van der Waals surface area contributed by atoms with Crippen LogP contribution in [-0.4, -0.2) is 29.3 Å². The van der Waals surface area contributed by atoms with Gasteiger partial charge in [-0.3, -0.25) is 0 Å². The highest BCUT2D eigenvalue weighted by Crippen LogP contribution is 2.50. The van der Waals surface area contributed by atoms with Crippen molar-refractivity contribution in [2.75, 3.05) is 12.3 Å². The molecule has 3 nitrogen and oxygen atoms in total. The first-order valence-electron chi connectivity index (χ1n) is 7.05. The van der Waals surface area contributed by atoms with E-state index < -0.39 is 13.0 Å². The third kappa shape index (κ3) is 4.08. The zero-order chi connectivity index (χ0) is 12.9. The van der Waals surface area contributed by atoms with Crippen LogP contribution in [0.4, 0.5) is 0 Å². The molecule has 0 aromatic carbocycles. The number of hydrogen-bond acceptors (Lipinski definition) is 3. The maximum Gasteiger partial charge on any atom is 0.114 e. The van der Waals surface area contributed by atoms with E-state index in [9.17, 15) is 9.67 Å². The number of hydrogen-bond donors (Lipinski definition) is 2. The molecule has 1 fully saturated rings. The van der Waals surface area contributed by atoms with Crippen molar-refractivity contribution in [2.45, 2.75) is 64.3 Å². The van der Waals surface area contributed by atoms with Gasteiger partial charge in [0.1, 0.15) is 13.0 Å². The molecule has 1 saturated carbocycles. The highest BCUT2D eigenvalue weighted by Gasteiger charge is 2.29. The Hall–Kier alpha value is 0.150. The summed E-state index contributed by atoms with van der Waals surface area (Å²) >= 11 is 0. The fraction of sp³-hybridized carbons (Fsp3) is 1.00. The first kappa shape index (κ1) is 15.2. The summed E-state index contributed by atoms with van der Waals surface area (Å²) < 4.78 is 12.3. The lowest BCUT2D eigenvalue weighted by molar-refractivity contribution is 0.204. The Bertz CT molecular complexity index is 262. The molecule has 0 spiro atoms. The Morgan fingerprint density at radius 1 is 1.29 bits per heavy atom. The van der Waals surface area contributed by atoms with Gasteiger partial charge in [-0.2, -0.15) is 0 Å². The summed E-state index contributed by atoms with van der Waals surface area (Å²) in [5.41, 5.74) is 6.09. The molecule has 0 saturated heterocycles. The minimum Gasteiger partial charge on any atom is -0.385 e. The number of aliphatic hydroxyl groups is 1. The summed E-state index contributed by atoms with van der Waals surface area (Å²) in [6, 6.07) is 0.290. The Morgan fingerprint density at radius 3 is 2.41 bits per heavy atom. The summed E-state index contributed by atoms with van der Waals surface area (Å²) in [6.07, 6.45) is 7.61. The summed E-state index contributed by atoms with van der Waals surface area (Å²) in [5, 5.41) is 10.1. The Balaban J connectivity index is 2.41. The topological polar surface area (TPSA) is 63.3 Å². The van der Waals surface area contributed by atoms with E-state index in [2.05, 4.69) is 0 Å². The molecule has 0 bridgehead atoms. The normalized spacial score (nSPS) is 28.0. The molecule has 0 amide bonds. The van der Waals surface area contributed by atoms with Crippen LogP contribution in [0, 0.1) is 5.92 Å². The number of rotatable bonds is 6. The molecule has 0 heterocycles. The molecule has 3 atom stereocenters. The molecule has 102 valence electrons. The van der Waals surface area contributed by atoms with Crippen molar-refractivity contribution in [3.05, 3.63) is 0 Å². The molecule has 17 heavy (non-hydrogen) atoms. The molecular formula is C13H28NO2P. The average Bonchev–Trinajstić information content (AvgIpc) is 2.36. The second kappa shape index (κ2) is 6.92. The van der Waals surface area contributed by atoms with Gasteiger partial charge in [-0.1, -0.05) is 26.7 Å². The molecule has 4 heteroatoms. The number of aliphatic hydroxyl groups excluding tert-OH is 1. The molecule has 0 aromatic heterocycles. The minimum absolute atomic E-state index is 0.290. The smallest absolute Gasteiger partial charge is 0.114 e. The van der Waals surface area contributed by atoms with E-state index in [0.29, 0.717) is 30.7 Å². The first-order chi connectivity index (χ1) is 8.03. The molecule has 1 rings (SSSR count). The van der Waals surface area contributed by atoms with E-state index in [0.717, 1.165) is 12.8 Å². The molecule has 3 N–H and O–H groups in total. The van der Waals surface area contributed by atoms with Gasteiger partial charge < -0.3 is 15.4 Å². The van der Waals surface area contributed by atoms with E-state index in [1.165, 1.54) is 19.3 Å². The van der Waals surface area contributed by atoms with Gasteiger partial charge in [0.2, 0.25) is 0 Å². The lowest BCUT2D eigenvalue weighted by atomic mass is 9.82. The van der Waals surface area contributed by atoms with Gasteiger partial charge in [0, 0.05) is 18.4 Å². The van der Waals surface area contributed by atoms with Crippen molar-refractivity contribution in [3.8, 4) is 0 Å². The molecule has 0 aromatic rings. The number of nitrogens with two attached hydrogens (primary N) is 1. The molecule has 0 aliphatic heterocycles. The SMILES string of the molecule is CCP(=O)(CC)C(O)CCC1CCCCC1N. The van der Waals surface area contributed by atoms with Gasteiger partial charge in [0.25, 0.3) is 0 Å². The van der Waals surface area contributed by atoms with Gasteiger partial charge in [-0.15, -0.1) is 0 Å². The van der Waals surface area contributed by atoms with Crippen LogP contribution < -0.4 is 5.73 Å². The van der Waals surface area contributed by atoms with Crippen LogP contribution in [0.1, 0.15) is 52.4 Å². The van der Waals surface area contributed by atoms with Crippen LogP contribution in [0.5, 0.6) is 0 Å². The van der Waals surface area contributed by atoms with Gasteiger partial charge in [0.05, 0.1) is 0 Å². The lowest BCUT2D eigenvalue weighted by Gasteiger charge is -2.30. The Kier molecular flexibility index (Phi) is 6.19. The van der Waals surface area contributed by atoms with Crippen molar-refractivity contribution < 1.29 is 9.67 Å². The van der Waals surface area contributed by atoms with Crippen molar-refractivity contribution in [1.29, 1.82) is 0 Å². The summed E-state index contributed by atoms with van der Waals surface area (Å²) in [6.45, 7) is 3.83. The summed E-state index contributed by atoms with van der Waals surface area (Å²) in [5.74, 6) is -0.0767. The average molecular weight is 261 g/mol. The first-order valence-corrected chi connectivity index (χ1v) is 9.19. The fourth-order valence-corrected chi connectivity index (χ4v) is 4.75. The third-order valence-electron chi connectivity index (χ3n) is 4.38. The zero-order valence-electron chi connectivity index (χ0n) is 11.3. The molecule has 3 unspecified atom stereocenters. The molecule has 1 aliphatic carbocycles. The maximum atomic E-state index is 12.3.